The summed E-state index contributed by atoms with van der Waals surface area (Å²) in [5.41, 5.74) is 4.62. The van der Waals surface area contributed by atoms with Crippen LogP contribution in [0, 0.1) is 26.6 Å². The predicted molar refractivity (Wildman–Crippen MR) is 122 cm³/mol. The Bertz CT molecular complexity index is 1110. The molecule has 1 aliphatic heterocycles. The molecule has 32 heavy (non-hydrogen) atoms. The van der Waals surface area contributed by atoms with Crippen LogP contribution in [0.15, 0.2) is 42.5 Å². The third kappa shape index (κ3) is 5.26. The molecule has 3 aromatic rings. The van der Waals surface area contributed by atoms with Crippen LogP contribution in [0.1, 0.15) is 41.7 Å². The van der Waals surface area contributed by atoms with Crippen LogP contribution >= 0.6 is 0 Å². The van der Waals surface area contributed by atoms with Gasteiger partial charge in [-0.05, 0) is 70.5 Å². The number of aryl methyl sites for hydroxylation is 3. The molecule has 2 N–H and O–H groups in total. The Labute approximate surface area is 187 Å². The maximum atomic E-state index is 13.9. The van der Waals surface area contributed by atoms with E-state index >= 15 is 0 Å². The summed E-state index contributed by atoms with van der Waals surface area (Å²) in [7, 11) is 0. The molecule has 1 atom stereocenters. The molecule has 1 amide bonds. The summed E-state index contributed by atoms with van der Waals surface area (Å²) in [6, 6.07) is 12.1. The monoisotopic (exact) mass is 434 g/mol. The number of para-hydroxylation sites is 1. The third-order valence-corrected chi connectivity index (χ3v) is 5.41. The number of rotatable bonds is 6. The van der Waals surface area contributed by atoms with Crippen LogP contribution in [0.3, 0.4) is 0 Å². The number of nitrogens with one attached hydrogen (secondary N) is 2. The number of anilines is 3. The SMILES string of the molecule is Cc1cc(Nc2nc(C)cc(C)n2)cc(C2CCCN2CC(=O)Nc2ccccc2F)n1. The quantitative estimate of drug-likeness (QED) is 0.596. The van der Waals surface area contributed by atoms with E-state index in [1.54, 1.807) is 18.2 Å². The van der Waals surface area contributed by atoms with E-state index in [0.717, 1.165) is 47.8 Å². The number of likely N-dealkylation sites (tertiary alicyclic amines) is 1. The number of amides is 1. The van der Waals surface area contributed by atoms with E-state index in [1.165, 1.54) is 6.07 Å². The average Bonchev–Trinajstić information content (AvgIpc) is 3.16. The molecule has 0 bridgehead atoms. The van der Waals surface area contributed by atoms with Crippen molar-refractivity contribution >= 4 is 23.2 Å². The molecule has 1 aliphatic rings. The third-order valence-electron chi connectivity index (χ3n) is 5.41. The molecule has 166 valence electrons. The van der Waals surface area contributed by atoms with Gasteiger partial charge in [0.1, 0.15) is 5.82 Å². The first-order valence-electron chi connectivity index (χ1n) is 10.7. The van der Waals surface area contributed by atoms with Crippen LogP contribution in [0.25, 0.3) is 0 Å². The largest absolute Gasteiger partial charge is 0.324 e. The molecule has 8 heteroatoms. The summed E-state index contributed by atoms with van der Waals surface area (Å²) in [4.78, 5) is 28.3. The number of pyridine rings is 1. The summed E-state index contributed by atoms with van der Waals surface area (Å²) < 4.78 is 13.9. The van der Waals surface area contributed by atoms with Gasteiger partial charge in [-0.1, -0.05) is 12.1 Å². The smallest absolute Gasteiger partial charge is 0.238 e. The Hall–Kier alpha value is -3.39. The standard InChI is InChI=1S/C24H27FN6O/c1-15-11-16(2)28-24(27-15)29-18-12-17(3)26-21(13-18)22-9-6-10-31(22)14-23(32)30-20-8-5-4-7-19(20)25/h4-5,7-8,11-13,22H,6,9-10,14H2,1-3H3,(H,30,32)(H,26,27,28,29). The molecule has 7 nitrogen and oxygen atoms in total. The maximum Gasteiger partial charge on any atom is 0.238 e. The fraction of sp³-hybridized carbons (Fsp3) is 0.333. The molecule has 0 spiro atoms. The van der Waals surface area contributed by atoms with Crippen molar-refractivity contribution in [2.24, 2.45) is 0 Å². The highest BCUT2D eigenvalue weighted by atomic mass is 19.1. The highest BCUT2D eigenvalue weighted by molar-refractivity contribution is 5.92. The van der Waals surface area contributed by atoms with Crippen molar-refractivity contribution < 1.29 is 9.18 Å². The Balaban J connectivity index is 1.49. The topological polar surface area (TPSA) is 83.0 Å². The minimum absolute atomic E-state index is 0.0157. The van der Waals surface area contributed by atoms with Gasteiger partial charge in [0.25, 0.3) is 0 Å². The molecule has 0 saturated carbocycles. The van der Waals surface area contributed by atoms with Gasteiger partial charge in [-0.2, -0.15) is 0 Å². The fourth-order valence-corrected chi connectivity index (χ4v) is 4.14. The Morgan fingerprint density at radius 3 is 2.53 bits per heavy atom. The number of carbonyl (C=O) groups excluding carboxylic acids is 1. The van der Waals surface area contributed by atoms with Crippen LogP contribution < -0.4 is 10.6 Å². The van der Waals surface area contributed by atoms with Crippen LogP contribution in [-0.4, -0.2) is 38.8 Å². The van der Waals surface area contributed by atoms with Gasteiger partial charge in [0, 0.05) is 22.8 Å². The zero-order valence-electron chi connectivity index (χ0n) is 18.5. The van der Waals surface area contributed by atoms with E-state index in [9.17, 15) is 9.18 Å². The predicted octanol–water partition coefficient (Wildman–Crippen LogP) is 4.46. The molecule has 0 aliphatic carbocycles. The van der Waals surface area contributed by atoms with Crippen molar-refractivity contribution in [2.45, 2.75) is 39.7 Å². The van der Waals surface area contributed by atoms with Gasteiger partial charge in [0.05, 0.1) is 24.0 Å². The average molecular weight is 435 g/mol. The van der Waals surface area contributed by atoms with Crippen LogP contribution in [0.4, 0.5) is 21.7 Å². The van der Waals surface area contributed by atoms with Crippen molar-refractivity contribution in [1.82, 2.24) is 19.9 Å². The first kappa shape index (κ1) is 21.8. The van der Waals surface area contributed by atoms with Crippen molar-refractivity contribution in [1.29, 1.82) is 0 Å². The van der Waals surface area contributed by atoms with Crippen molar-refractivity contribution in [3.8, 4) is 0 Å². The molecule has 2 aromatic heterocycles. The second-order valence-electron chi connectivity index (χ2n) is 8.18. The van der Waals surface area contributed by atoms with E-state index in [1.807, 2.05) is 39.0 Å². The number of carbonyl (C=O) groups is 1. The van der Waals surface area contributed by atoms with Gasteiger partial charge >= 0.3 is 0 Å². The van der Waals surface area contributed by atoms with Crippen LogP contribution in [0.2, 0.25) is 0 Å². The molecule has 1 saturated heterocycles. The fourth-order valence-electron chi connectivity index (χ4n) is 4.14. The minimum atomic E-state index is -0.441. The maximum absolute atomic E-state index is 13.9. The van der Waals surface area contributed by atoms with E-state index in [4.69, 9.17) is 4.98 Å². The van der Waals surface area contributed by atoms with E-state index in [0.29, 0.717) is 5.95 Å². The van der Waals surface area contributed by atoms with Gasteiger partial charge < -0.3 is 10.6 Å². The van der Waals surface area contributed by atoms with Gasteiger partial charge in [0.15, 0.2) is 0 Å². The normalized spacial score (nSPS) is 16.2. The lowest BCUT2D eigenvalue weighted by atomic mass is 10.1. The highest BCUT2D eigenvalue weighted by Crippen LogP contribution is 2.32. The van der Waals surface area contributed by atoms with E-state index in [2.05, 4.69) is 25.5 Å². The number of aromatic nitrogens is 3. The lowest BCUT2D eigenvalue weighted by Gasteiger charge is -2.24. The molecule has 3 heterocycles. The van der Waals surface area contributed by atoms with Gasteiger partial charge in [-0.15, -0.1) is 0 Å². The van der Waals surface area contributed by atoms with Crippen LogP contribution in [0.5, 0.6) is 0 Å². The molecule has 4 rings (SSSR count). The summed E-state index contributed by atoms with van der Waals surface area (Å²) in [5, 5.41) is 5.95. The number of halogens is 1. The Kier molecular flexibility index (Phi) is 6.41. The van der Waals surface area contributed by atoms with E-state index < -0.39 is 5.82 Å². The first-order chi connectivity index (χ1) is 15.4. The summed E-state index contributed by atoms with van der Waals surface area (Å²) >= 11 is 0. The molecular formula is C24H27FN6O. The van der Waals surface area contributed by atoms with E-state index in [-0.39, 0.29) is 24.2 Å². The second kappa shape index (κ2) is 9.40. The van der Waals surface area contributed by atoms with Gasteiger partial charge in [-0.25, -0.2) is 14.4 Å². The minimum Gasteiger partial charge on any atom is -0.324 e. The Morgan fingerprint density at radius 1 is 1.06 bits per heavy atom. The second-order valence-corrected chi connectivity index (χ2v) is 8.18. The van der Waals surface area contributed by atoms with Gasteiger partial charge in [0.2, 0.25) is 11.9 Å². The summed E-state index contributed by atoms with van der Waals surface area (Å²) in [6.45, 7) is 6.78. The van der Waals surface area contributed by atoms with Crippen molar-refractivity contribution in [3.63, 3.8) is 0 Å². The Morgan fingerprint density at radius 2 is 1.78 bits per heavy atom. The summed E-state index contributed by atoms with van der Waals surface area (Å²) in [6.07, 6.45) is 1.87. The summed E-state index contributed by atoms with van der Waals surface area (Å²) in [5.74, 6) is -0.133. The zero-order valence-corrected chi connectivity index (χ0v) is 18.5. The van der Waals surface area contributed by atoms with Crippen molar-refractivity contribution in [2.75, 3.05) is 23.7 Å². The highest BCUT2D eigenvalue weighted by Gasteiger charge is 2.29. The lowest BCUT2D eigenvalue weighted by molar-refractivity contribution is -0.117. The molecule has 1 aromatic carbocycles. The molecule has 1 unspecified atom stereocenters. The molecule has 1 fully saturated rings. The number of hydrogen-bond donors (Lipinski definition) is 2. The first-order valence-corrected chi connectivity index (χ1v) is 10.7. The van der Waals surface area contributed by atoms with Crippen molar-refractivity contribution in [3.05, 3.63) is 71.1 Å². The molecule has 0 radical (unpaired) electrons. The number of benzene rings is 1. The molecular weight excluding hydrogens is 407 g/mol. The number of nitrogens with zero attached hydrogens (tertiary/aromatic N) is 4. The zero-order chi connectivity index (χ0) is 22.7. The lowest BCUT2D eigenvalue weighted by Crippen LogP contribution is -2.33. The van der Waals surface area contributed by atoms with Crippen LogP contribution in [-0.2, 0) is 4.79 Å². The van der Waals surface area contributed by atoms with Gasteiger partial charge in [-0.3, -0.25) is 14.7 Å². The number of hydrogen-bond acceptors (Lipinski definition) is 6.